The van der Waals surface area contributed by atoms with E-state index < -0.39 is 34.9 Å². The summed E-state index contributed by atoms with van der Waals surface area (Å²) in [4.78, 5) is 9.01. The fourth-order valence-corrected chi connectivity index (χ4v) is 4.18. The van der Waals surface area contributed by atoms with Crippen LogP contribution in [0, 0.1) is 6.92 Å². The highest BCUT2D eigenvalue weighted by atomic mass is 32.2. The second-order valence-electron chi connectivity index (χ2n) is 7.24. The van der Waals surface area contributed by atoms with Crippen LogP contribution in [0.15, 0.2) is 71.8 Å². The lowest BCUT2D eigenvalue weighted by Crippen LogP contribution is -2.28. The van der Waals surface area contributed by atoms with Gasteiger partial charge in [-0.15, -0.1) is 0 Å². The summed E-state index contributed by atoms with van der Waals surface area (Å²) >= 11 is 0. The SMILES string of the molecule is Cc1ccc(S(=O)(=O)n2cc(CNCC(F)(F)F)cc2-c2ccccc2)cc1.O=C(O)C(F)(F)F. The molecule has 190 valence electrons. The number of halogens is 6. The van der Waals surface area contributed by atoms with Crippen molar-refractivity contribution in [2.75, 3.05) is 6.54 Å². The van der Waals surface area contributed by atoms with Crippen LogP contribution >= 0.6 is 0 Å². The zero-order valence-electron chi connectivity index (χ0n) is 18.1. The Labute approximate surface area is 196 Å². The fraction of sp³-hybridized carbons (Fsp3) is 0.227. The molecule has 2 N–H and O–H groups in total. The van der Waals surface area contributed by atoms with Crippen LogP contribution in [0.5, 0.6) is 0 Å². The number of aromatic nitrogens is 1. The molecule has 1 heterocycles. The van der Waals surface area contributed by atoms with E-state index in [4.69, 9.17) is 9.90 Å². The van der Waals surface area contributed by atoms with Crippen LogP contribution in [0.1, 0.15) is 11.1 Å². The topological polar surface area (TPSA) is 88.4 Å². The van der Waals surface area contributed by atoms with Crippen molar-refractivity contribution in [2.24, 2.45) is 0 Å². The number of aliphatic carboxylic acids is 1. The van der Waals surface area contributed by atoms with E-state index in [1.54, 1.807) is 48.5 Å². The number of carboxylic acid groups (broad SMARTS) is 1. The van der Waals surface area contributed by atoms with Gasteiger partial charge in [-0.3, -0.25) is 0 Å². The Kier molecular flexibility index (Phi) is 8.74. The summed E-state index contributed by atoms with van der Waals surface area (Å²) in [5.74, 6) is -2.76. The van der Waals surface area contributed by atoms with Crippen LogP contribution in [0.3, 0.4) is 0 Å². The van der Waals surface area contributed by atoms with Crippen molar-refractivity contribution in [1.82, 2.24) is 9.29 Å². The van der Waals surface area contributed by atoms with E-state index in [1.807, 2.05) is 6.92 Å². The van der Waals surface area contributed by atoms with Gasteiger partial charge in [0.05, 0.1) is 17.1 Å². The summed E-state index contributed by atoms with van der Waals surface area (Å²) in [5.41, 5.74) is 2.41. The number of aryl methyl sites for hydroxylation is 1. The van der Waals surface area contributed by atoms with Crippen molar-refractivity contribution >= 4 is 16.0 Å². The zero-order chi connectivity index (χ0) is 26.4. The zero-order valence-corrected chi connectivity index (χ0v) is 18.9. The van der Waals surface area contributed by atoms with Crippen LogP contribution in [-0.2, 0) is 21.4 Å². The fourth-order valence-electron chi connectivity index (χ4n) is 2.78. The number of hydrogen-bond donors (Lipinski definition) is 2. The third kappa shape index (κ3) is 8.14. The predicted molar refractivity (Wildman–Crippen MR) is 115 cm³/mol. The monoisotopic (exact) mass is 522 g/mol. The summed E-state index contributed by atoms with van der Waals surface area (Å²) in [5, 5.41) is 9.42. The maximum Gasteiger partial charge on any atom is 0.490 e. The summed E-state index contributed by atoms with van der Waals surface area (Å²) < 4.78 is 96.3. The molecule has 0 fully saturated rings. The molecule has 0 saturated heterocycles. The number of rotatable bonds is 6. The highest BCUT2D eigenvalue weighted by Crippen LogP contribution is 2.27. The van der Waals surface area contributed by atoms with Gasteiger partial charge in [0.15, 0.2) is 0 Å². The Bertz CT molecular complexity index is 1240. The Balaban J connectivity index is 0.000000540. The van der Waals surface area contributed by atoms with Gasteiger partial charge in [0, 0.05) is 12.7 Å². The van der Waals surface area contributed by atoms with Crippen LogP contribution in [0.4, 0.5) is 26.3 Å². The second-order valence-corrected chi connectivity index (χ2v) is 9.05. The molecule has 3 rings (SSSR count). The lowest BCUT2D eigenvalue weighted by atomic mass is 10.1. The second kappa shape index (κ2) is 11.0. The molecule has 0 spiro atoms. The first-order chi connectivity index (χ1) is 16.1. The van der Waals surface area contributed by atoms with Gasteiger partial charge in [-0.25, -0.2) is 17.2 Å². The van der Waals surface area contributed by atoms with E-state index in [1.165, 1.54) is 18.3 Å². The summed E-state index contributed by atoms with van der Waals surface area (Å²) in [6.07, 6.45) is -8.06. The highest BCUT2D eigenvalue weighted by molar-refractivity contribution is 7.90. The lowest BCUT2D eigenvalue weighted by molar-refractivity contribution is -0.192. The average molecular weight is 522 g/mol. The van der Waals surface area contributed by atoms with E-state index in [0.29, 0.717) is 16.8 Å². The van der Waals surface area contributed by atoms with Crippen molar-refractivity contribution < 1.29 is 44.7 Å². The van der Waals surface area contributed by atoms with Gasteiger partial charge >= 0.3 is 18.3 Å². The lowest BCUT2D eigenvalue weighted by Gasteiger charge is -2.11. The quantitative estimate of drug-likeness (QED) is 0.446. The first-order valence-corrected chi connectivity index (χ1v) is 11.2. The number of nitrogens with one attached hydrogen (secondary N) is 1. The summed E-state index contributed by atoms with van der Waals surface area (Å²) in [6, 6.07) is 16.9. The van der Waals surface area contributed by atoms with Crippen molar-refractivity contribution in [3.63, 3.8) is 0 Å². The van der Waals surface area contributed by atoms with Gasteiger partial charge < -0.3 is 10.4 Å². The van der Waals surface area contributed by atoms with Gasteiger partial charge in [0.2, 0.25) is 0 Å². The molecular formula is C22H20F6N2O4S. The molecular weight excluding hydrogens is 502 g/mol. The molecule has 0 aliphatic heterocycles. The molecule has 0 saturated carbocycles. The van der Waals surface area contributed by atoms with Crippen molar-refractivity contribution in [3.8, 4) is 11.3 Å². The molecule has 0 aliphatic carbocycles. The van der Waals surface area contributed by atoms with E-state index in [2.05, 4.69) is 5.32 Å². The molecule has 0 radical (unpaired) electrons. The van der Waals surface area contributed by atoms with Crippen molar-refractivity contribution in [3.05, 3.63) is 78.0 Å². The maximum atomic E-state index is 13.1. The first kappa shape index (κ1) is 27.9. The van der Waals surface area contributed by atoms with Crippen LogP contribution in [0.25, 0.3) is 11.3 Å². The third-order valence-corrected chi connectivity index (χ3v) is 6.07. The van der Waals surface area contributed by atoms with Crippen molar-refractivity contribution in [1.29, 1.82) is 0 Å². The normalized spacial score (nSPS) is 12.1. The van der Waals surface area contributed by atoms with Crippen LogP contribution in [0.2, 0.25) is 0 Å². The summed E-state index contributed by atoms with van der Waals surface area (Å²) in [6.45, 7) is 0.602. The molecule has 0 aliphatic rings. The van der Waals surface area contributed by atoms with Crippen LogP contribution < -0.4 is 5.32 Å². The van der Waals surface area contributed by atoms with E-state index in [-0.39, 0.29) is 11.4 Å². The number of alkyl halides is 6. The molecule has 0 atom stereocenters. The maximum absolute atomic E-state index is 13.1. The Hall–Kier alpha value is -3.32. The van der Waals surface area contributed by atoms with Gasteiger partial charge in [0.25, 0.3) is 10.0 Å². The molecule has 0 unspecified atom stereocenters. The minimum Gasteiger partial charge on any atom is -0.475 e. The van der Waals surface area contributed by atoms with Gasteiger partial charge in [-0.2, -0.15) is 26.3 Å². The van der Waals surface area contributed by atoms with Gasteiger partial charge in [-0.05, 0) is 36.2 Å². The molecule has 6 nitrogen and oxygen atoms in total. The Morgan fingerprint density at radius 1 is 0.971 bits per heavy atom. The molecule has 0 amide bonds. The molecule has 13 heteroatoms. The minimum absolute atomic E-state index is 0.101. The number of carbonyl (C=O) groups is 1. The highest BCUT2D eigenvalue weighted by Gasteiger charge is 2.38. The third-order valence-electron chi connectivity index (χ3n) is 4.39. The minimum atomic E-state index is -5.08. The largest absolute Gasteiger partial charge is 0.490 e. The molecule has 35 heavy (non-hydrogen) atoms. The number of carboxylic acids is 1. The molecule has 2 aromatic carbocycles. The number of benzene rings is 2. The smallest absolute Gasteiger partial charge is 0.475 e. The van der Waals surface area contributed by atoms with E-state index >= 15 is 0 Å². The van der Waals surface area contributed by atoms with E-state index in [9.17, 15) is 34.8 Å². The first-order valence-electron chi connectivity index (χ1n) is 9.78. The number of hydrogen-bond acceptors (Lipinski definition) is 4. The Morgan fingerprint density at radius 3 is 2.00 bits per heavy atom. The molecule has 3 aromatic rings. The molecule has 0 bridgehead atoms. The van der Waals surface area contributed by atoms with Gasteiger partial charge in [-0.1, -0.05) is 48.0 Å². The molecule has 1 aromatic heterocycles. The average Bonchev–Trinajstić information content (AvgIpc) is 3.19. The van der Waals surface area contributed by atoms with E-state index in [0.717, 1.165) is 9.54 Å². The number of nitrogens with zero attached hydrogens (tertiary/aromatic N) is 1. The summed E-state index contributed by atoms with van der Waals surface area (Å²) in [7, 11) is -3.90. The Morgan fingerprint density at radius 2 is 1.51 bits per heavy atom. The predicted octanol–water partition coefficient (Wildman–Crippen LogP) is 4.99. The van der Waals surface area contributed by atoms with Crippen molar-refractivity contribution in [2.45, 2.75) is 30.7 Å². The van der Waals surface area contributed by atoms with Crippen LogP contribution in [-0.4, -0.2) is 42.4 Å². The standard InChI is InChI=1S/C20H19F3N2O2S.C2HF3O2/c1-15-7-9-18(10-8-15)28(26,27)25-13-16(12-24-14-20(21,22)23)11-19(25)17-5-3-2-4-6-17;3-2(4,5)1(6)7/h2-11,13,24H,12,14H2,1H3;(H,6,7). The van der Waals surface area contributed by atoms with Gasteiger partial charge in [0.1, 0.15) is 0 Å².